The van der Waals surface area contributed by atoms with Gasteiger partial charge in [-0.25, -0.2) is 4.68 Å². The van der Waals surface area contributed by atoms with E-state index in [1.54, 1.807) is 10.9 Å². The standard InChI is InChI=1S/C14H23N7/c1-5-15-12-18-13(17-11(4)9-10(2)3)20-14(19-12)21-8-6-7-16-21/h6-8,10-11H,5,9H2,1-4H3,(H2,15,17,18,19,20). The van der Waals surface area contributed by atoms with Gasteiger partial charge in [-0.05, 0) is 32.3 Å². The highest BCUT2D eigenvalue weighted by molar-refractivity contribution is 5.38. The first-order valence-corrected chi connectivity index (χ1v) is 7.35. The van der Waals surface area contributed by atoms with Gasteiger partial charge in [0.15, 0.2) is 0 Å². The average molecular weight is 289 g/mol. The van der Waals surface area contributed by atoms with E-state index in [9.17, 15) is 0 Å². The Morgan fingerprint density at radius 1 is 1.14 bits per heavy atom. The monoisotopic (exact) mass is 289 g/mol. The molecule has 2 heterocycles. The maximum Gasteiger partial charge on any atom is 0.257 e. The molecule has 2 aromatic heterocycles. The van der Waals surface area contributed by atoms with Crippen LogP contribution in [0.15, 0.2) is 18.5 Å². The highest BCUT2D eigenvalue weighted by Crippen LogP contribution is 2.12. The quantitative estimate of drug-likeness (QED) is 0.814. The van der Waals surface area contributed by atoms with Crippen molar-refractivity contribution >= 4 is 11.9 Å². The van der Waals surface area contributed by atoms with E-state index in [1.807, 2.05) is 19.2 Å². The van der Waals surface area contributed by atoms with Gasteiger partial charge in [0, 0.05) is 25.0 Å². The molecule has 2 aromatic rings. The third kappa shape index (κ3) is 4.40. The van der Waals surface area contributed by atoms with Crippen LogP contribution in [-0.2, 0) is 0 Å². The molecule has 0 radical (unpaired) electrons. The van der Waals surface area contributed by atoms with E-state index in [2.05, 4.69) is 51.5 Å². The maximum atomic E-state index is 4.43. The van der Waals surface area contributed by atoms with Crippen molar-refractivity contribution in [2.75, 3.05) is 17.2 Å². The van der Waals surface area contributed by atoms with Crippen LogP contribution in [0.25, 0.3) is 5.95 Å². The van der Waals surface area contributed by atoms with Crippen LogP contribution in [0.4, 0.5) is 11.9 Å². The molecule has 7 nitrogen and oxygen atoms in total. The molecule has 0 fully saturated rings. The van der Waals surface area contributed by atoms with Crippen LogP contribution in [0.3, 0.4) is 0 Å². The molecule has 0 aliphatic rings. The van der Waals surface area contributed by atoms with E-state index in [0.717, 1.165) is 13.0 Å². The molecule has 0 saturated heterocycles. The van der Waals surface area contributed by atoms with Gasteiger partial charge >= 0.3 is 0 Å². The summed E-state index contributed by atoms with van der Waals surface area (Å²) in [5, 5.41) is 10.6. The zero-order valence-electron chi connectivity index (χ0n) is 13.0. The highest BCUT2D eigenvalue weighted by atomic mass is 15.4. The molecular formula is C14H23N7. The van der Waals surface area contributed by atoms with Crippen molar-refractivity contribution in [3.63, 3.8) is 0 Å². The van der Waals surface area contributed by atoms with Gasteiger partial charge in [-0.2, -0.15) is 20.1 Å². The molecule has 0 aliphatic heterocycles. The molecule has 0 amide bonds. The molecular weight excluding hydrogens is 266 g/mol. The SMILES string of the molecule is CCNc1nc(NC(C)CC(C)C)nc(-n2cccn2)n1. The fourth-order valence-electron chi connectivity index (χ4n) is 2.14. The molecule has 2 rings (SSSR count). The third-order valence-corrected chi connectivity index (χ3v) is 2.87. The van der Waals surface area contributed by atoms with Crippen molar-refractivity contribution in [1.82, 2.24) is 24.7 Å². The third-order valence-electron chi connectivity index (χ3n) is 2.87. The second kappa shape index (κ2) is 7.01. The summed E-state index contributed by atoms with van der Waals surface area (Å²) in [5.41, 5.74) is 0. The number of nitrogens with one attached hydrogen (secondary N) is 2. The van der Waals surface area contributed by atoms with Crippen LogP contribution in [-0.4, -0.2) is 37.3 Å². The van der Waals surface area contributed by atoms with Gasteiger partial charge in [0.25, 0.3) is 5.95 Å². The lowest BCUT2D eigenvalue weighted by Gasteiger charge is -2.16. The highest BCUT2D eigenvalue weighted by Gasteiger charge is 2.11. The molecule has 0 aromatic carbocycles. The Hall–Kier alpha value is -2.18. The average Bonchev–Trinajstić information content (AvgIpc) is 2.91. The van der Waals surface area contributed by atoms with Crippen LogP contribution >= 0.6 is 0 Å². The Bertz CT molecular complexity index is 550. The van der Waals surface area contributed by atoms with Gasteiger partial charge < -0.3 is 10.6 Å². The van der Waals surface area contributed by atoms with Crippen molar-refractivity contribution in [3.05, 3.63) is 18.5 Å². The molecule has 2 N–H and O–H groups in total. The van der Waals surface area contributed by atoms with E-state index in [0.29, 0.717) is 29.8 Å². The molecule has 0 spiro atoms. The molecule has 0 aliphatic carbocycles. The Kier molecular flexibility index (Phi) is 5.08. The largest absolute Gasteiger partial charge is 0.354 e. The van der Waals surface area contributed by atoms with E-state index in [-0.39, 0.29) is 0 Å². The topological polar surface area (TPSA) is 80.5 Å². The summed E-state index contributed by atoms with van der Waals surface area (Å²) in [5.74, 6) is 2.25. The van der Waals surface area contributed by atoms with Gasteiger partial charge in [0.1, 0.15) is 0 Å². The summed E-state index contributed by atoms with van der Waals surface area (Å²) >= 11 is 0. The van der Waals surface area contributed by atoms with Crippen LogP contribution < -0.4 is 10.6 Å². The number of anilines is 2. The van der Waals surface area contributed by atoms with Crippen molar-refractivity contribution in [3.8, 4) is 5.95 Å². The molecule has 1 unspecified atom stereocenters. The Balaban J connectivity index is 2.23. The molecule has 0 saturated carbocycles. The smallest absolute Gasteiger partial charge is 0.257 e. The van der Waals surface area contributed by atoms with Crippen LogP contribution in [0.5, 0.6) is 0 Å². The molecule has 7 heteroatoms. The normalized spacial score (nSPS) is 12.4. The Morgan fingerprint density at radius 2 is 1.90 bits per heavy atom. The number of nitrogens with zero attached hydrogens (tertiary/aromatic N) is 5. The summed E-state index contributed by atoms with van der Waals surface area (Å²) in [4.78, 5) is 13.2. The minimum absolute atomic E-state index is 0.298. The van der Waals surface area contributed by atoms with Crippen molar-refractivity contribution < 1.29 is 0 Å². The van der Waals surface area contributed by atoms with Crippen LogP contribution in [0.1, 0.15) is 34.1 Å². The lowest BCUT2D eigenvalue weighted by atomic mass is 10.1. The zero-order chi connectivity index (χ0) is 15.2. The van der Waals surface area contributed by atoms with Crippen molar-refractivity contribution in [1.29, 1.82) is 0 Å². The summed E-state index contributed by atoms with van der Waals surface area (Å²) < 4.78 is 1.63. The van der Waals surface area contributed by atoms with E-state index in [1.165, 1.54) is 0 Å². The lowest BCUT2D eigenvalue weighted by Crippen LogP contribution is -2.21. The van der Waals surface area contributed by atoms with Gasteiger partial charge in [0.05, 0.1) is 0 Å². The first kappa shape index (κ1) is 15.2. The molecule has 114 valence electrons. The molecule has 0 bridgehead atoms. The van der Waals surface area contributed by atoms with Gasteiger partial charge in [-0.3, -0.25) is 0 Å². The Labute approximate surface area is 125 Å². The first-order chi connectivity index (χ1) is 10.1. The van der Waals surface area contributed by atoms with Crippen LogP contribution in [0, 0.1) is 5.92 Å². The summed E-state index contributed by atoms with van der Waals surface area (Å²) in [6, 6.07) is 2.14. The predicted octanol–water partition coefficient (Wildman–Crippen LogP) is 2.34. The Morgan fingerprint density at radius 3 is 2.52 bits per heavy atom. The number of hydrogen-bond acceptors (Lipinski definition) is 6. The predicted molar refractivity (Wildman–Crippen MR) is 83.7 cm³/mol. The fourth-order valence-corrected chi connectivity index (χ4v) is 2.14. The second-order valence-corrected chi connectivity index (χ2v) is 5.44. The van der Waals surface area contributed by atoms with Gasteiger partial charge in [-0.1, -0.05) is 13.8 Å². The van der Waals surface area contributed by atoms with Gasteiger partial charge in [0.2, 0.25) is 11.9 Å². The summed E-state index contributed by atoms with van der Waals surface area (Å²) in [6.07, 6.45) is 4.57. The van der Waals surface area contributed by atoms with E-state index in [4.69, 9.17) is 0 Å². The maximum absolute atomic E-state index is 4.43. The number of aromatic nitrogens is 5. The summed E-state index contributed by atoms with van der Waals surface area (Å²) in [6.45, 7) is 9.29. The summed E-state index contributed by atoms with van der Waals surface area (Å²) in [7, 11) is 0. The zero-order valence-corrected chi connectivity index (χ0v) is 13.0. The minimum atomic E-state index is 0.298. The minimum Gasteiger partial charge on any atom is -0.354 e. The second-order valence-electron chi connectivity index (χ2n) is 5.44. The van der Waals surface area contributed by atoms with Crippen molar-refractivity contribution in [2.45, 2.75) is 40.2 Å². The number of hydrogen-bond donors (Lipinski definition) is 2. The van der Waals surface area contributed by atoms with Crippen LogP contribution in [0.2, 0.25) is 0 Å². The number of rotatable bonds is 7. The fraction of sp³-hybridized carbons (Fsp3) is 0.571. The van der Waals surface area contributed by atoms with Crippen molar-refractivity contribution in [2.24, 2.45) is 5.92 Å². The van der Waals surface area contributed by atoms with Gasteiger partial charge in [-0.15, -0.1) is 0 Å². The van der Waals surface area contributed by atoms with E-state index >= 15 is 0 Å². The molecule has 1 atom stereocenters. The first-order valence-electron chi connectivity index (χ1n) is 7.35. The van der Waals surface area contributed by atoms with E-state index < -0.39 is 0 Å². The molecule has 21 heavy (non-hydrogen) atoms. The lowest BCUT2D eigenvalue weighted by molar-refractivity contribution is 0.537.